The van der Waals surface area contributed by atoms with Crippen LogP contribution in [0.5, 0.6) is 0 Å². The van der Waals surface area contributed by atoms with E-state index in [2.05, 4.69) is 28.4 Å². The van der Waals surface area contributed by atoms with Crippen molar-refractivity contribution >= 4 is 17.4 Å². The van der Waals surface area contributed by atoms with E-state index in [0.29, 0.717) is 6.42 Å². The van der Waals surface area contributed by atoms with Crippen molar-refractivity contribution in [2.75, 3.05) is 23.8 Å². The zero-order chi connectivity index (χ0) is 15.7. The number of pyridine rings is 1. The van der Waals surface area contributed by atoms with Crippen molar-refractivity contribution in [3.63, 3.8) is 0 Å². The molecule has 1 N–H and O–H groups in total. The second-order valence-electron chi connectivity index (χ2n) is 5.69. The Hall–Kier alpha value is -2.37. The van der Waals surface area contributed by atoms with E-state index in [1.54, 1.807) is 11.1 Å². The summed E-state index contributed by atoms with van der Waals surface area (Å²) in [5.41, 5.74) is 3.09. The van der Waals surface area contributed by atoms with Crippen LogP contribution in [0.3, 0.4) is 0 Å². The highest BCUT2D eigenvalue weighted by molar-refractivity contribution is 5.95. The minimum Gasteiger partial charge on any atom is -0.386 e. The van der Waals surface area contributed by atoms with Crippen LogP contribution in [-0.2, 0) is 4.79 Å². The van der Waals surface area contributed by atoms with Crippen LogP contribution in [0.2, 0.25) is 0 Å². The first-order valence-corrected chi connectivity index (χ1v) is 7.59. The summed E-state index contributed by atoms with van der Waals surface area (Å²) < 4.78 is 1.91. The molecule has 0 spiro atoms. The standard InChI is InChI=1S/C16H21N5O/c1-11-7-13(12(2)21-10-14(17-3)9-19-21)8-18-16(11)20-6-4-5-15(20)22/h7-10,12,17H,4-6H2,1-3H3. The van der Waals surface area contributed by atoms with Gasteiger partial charge in [0, 0.05) is 32.4 Å². The van der Waals surface area contributed by atoms with E-state index < -0.39 is 0 Å². The smallest absolute Gasteiger partial charge is 0.228 e. The average molecular weight is 299 g/mol. The molecule has 2 aromatic heterocycles. The Morgan fingerprint density at radius 3 is 2.77 bits per heavy atom. The normalized spacial score (nSPS) is 16.1. The maximum Gasteiger partial charge on any atom is 0.228 e. The molecule has 22 heavy (non-hydrogen) atoms. The second kappa shape index (κ2) is 5.79. The van der Waals surface area contributed by atoms with E-state index in [4.69, 9.17) is 0 Å². The Morgan fingerprint density at radius 1 is 1.36 bits per heavy atom. The number of carbonyl (C=O) groups is 1. The maximum absolute atomic E-state index is 11.9. The summed E-state index contributed by atoms with van der Waals surface area (Å²) in [6.07, 6.45) is 7.16. The van der Waals surface area contributed by atoms with E-state index in [1.807, 2.05) is 31.0 Å². The molecule has 0 bridgehead atoms. The van der Waals surface area contributed by atoms with Crippen LogP contribution < -0.4 is 10.2 Å². The first-order chi connectivity index (χ1) is 10.6. The fraction of sp³-hybridized carbons (Fsp3) is 0.438. The number of nitrogens with one attached hydrogen (secondary N) is 1. The average Bonchev–Trinajstić information content (AvgIpc) is 3.15. The first-order valence-electron chi connectivity index (χ1n) is 7.59. The molecule has 1 aliphatic heterocycles. The number of aromatic nitrogens is 3. The van der Waals surface area contributed by atoms with Gasteiger partial charge in [-0.2, -0.15) is 5.10 Å². The lowest BCUT2D eigenvalue weighted by Crippen LogP contribution is -2.25. The topological polar surface area (TPSA) is 63.1 Å². The molecule has 2 aromatic rings. The molecule has 3 rings (SSSR count). The van der Waals surface area contributed by atoms with E-state index in [1.165, 1.54) is 0 Å². The molecule has 0 saturated carbocycles. The van der Waals surface area contributed by atoms with Crippen LogP contribution in [-0.4, -0.2) is 34.3 Å². The SMILES string of the molecule is CNc1cnn(C(C)c2cnc(N3CCCC3=O)c(C)c2)c1. The number of rotatable bonds is 4. The van der Waals surface area contributed by atoms with Crippen LogP contribution in [0.1, 0.15) is 36.9 Å². The number of hydrogen-bond donors (Lipinski definition) is 1. The third-order valence-electron chi connectivity index (χ3n) is 4.17. The predicted molar refractivity (Wildman–Crippen MR) is 86.1 cm³/mol. The van der Waals surface area contributed by atoms with Gasteiger partial charge in [0.25, 0.3) is 0 Å². The van der Waals surface area contributed by atoms with Crippen LogP contribution in [0.15, 0.2) is 24.7 Å². The molecule has 1 aliphatic rings. The summed E-state index contributed by atoms with van der Waals surface area (Å²) in [4.78, 5) is 18.2. The quantitative estimate of drug-likeness (QED) is 0.941. The van der Waals surface area contributed by atoms with Crippen molar-refractivity contribution in [2.24, 2.45) is 0 Å². The maximum atomic E-state index is 11.9. The number of hydrogen-bond acceptors (Lipinski definition) is 4. The van der Waals surface area contributed by atoms with E-state index in [9.17, 15) is 4.79 Å². The van der Waals surface area contributed by atoms with Gasteiger partial charge in [0.1, 0.15) is 5.82 Å². The molecule has 1 amide bonds. The minimum absolute atomic E-state index is 0.0941. The van der Waals surface area contributed by atoms with Gasteiger partial charge in [0.05, 0.1) is 17.9 Å². The molecular weight excluding hydrogens is 278 g/mol. The van der Waals surface area contributed by atoms with Crippen molar-refractivity contribution in [2.45, 2.75) is 32.7 Å². The van der Waals surface area contributed by atoms with Crippen molar-refractivity contribution in [3.05, 3.63) is 35.8 Å². The van der Waals surface area contributed by atoms with Crippen LogP contribution >= 0.6 is 0 Å². The Morgan fingerprint density at radius 2 is 2.18 bits per heavy atom. The Balaban J connectivity index is 1.86. The van der Waals surface area contributed by atoms with Gasteiger partial charge in [-0.3, -0.25) is 14.4 Å². The summed E-state index contributed by atoms with van der Waals surface area (Å²) in [6, 6.07) is 2.19. The van der Waals surface area contributed by atoms with Crippen molar-refractivity contribution in [3.8, 4) is 0 Å². The first kappa shape index (κ1) is 14.6. The Kier molecular flexibility index (Phi) is 3.83. The lowest BCUT2D eigenvalue weighted by atomic mass is 10.1. The second-order valence-corrected chi connectivity index (χ2v) is 5.69. The van der Waals surface area contributed by atoms with Gasteiger partial charge < -0.3 is 5.32 Å². The molecule has 0 aliphatic carbocycles. The van der Waals surface area contributed by atoms with Crippen LogP contribution in [0.25, 0.3) is 0 Å². The Labute approximate surface area is 130 Å². The number of amides is 1. The number of carbonyl (C=O) groups excluding carboxylic acids is 1. The highest BCUT2D eigenvalue weighted by atomic mass is 16.2. The van der Waals surface area contributed by atoms with Gasteiger partial charge in [-0.15, -0.1) is 0 Å². The predicted octanol–water partition coefficient (Wildman–Crippen LogP) is 2.36. The number of anilines is 2. The zero-order valence-corrected chi connectivity index (χ0v) is 13.2. The molecule has 1 saturated heterocycles. The van der Waals surface area contributed by atoms with E-state index in [0.717, 1.165) is 35.6 Å². The van der Waals surface area contributed by atoms with Crippen LogP contribution in [0, 0.1) is 6.92 Å². The fourth-order valence-corrected chi connectivity index (χ4v) is 2.80. The van der Waals surface area contributed by atoms with Gasteiger partial charge in [-0.05, 0) is 37.5 Å². The lowest BCUT2D eigenvalue weighted by molar-refractivity contribution is -0.117. The molecule has 0 radical (unpaired) electrons. The van der Waals surface area contributed by atoms with Gasteiger partial charge in [-0.1, -0.05) is 0 Å². The molecule has 1 fully saturated rings. The summed E-state index contributed by atoms with van der Waals surface area (Å²) in [5, 5.41) is 7.44. The number of aryl methyl sites for hydroxylation is 1. The molecule has 116 valence electrons. The molecule has 6 nitrogen and oxygen atoms in total. The molecule has 0 aromatic carbocycles. The monoisotopic (exact) mass is 299 g/mol. The fourth-order valence-electron chi connectivity index (χ4n) is 2.80. The van der Waals surface area contributed by atoms with Gasteiger partial charge in [0.15, 0.2) is 0 Å². The Bertz CT molecular complexity index is 694. The van der Waals surface area contributed by atoms with Gasteiger partial charge in [-0.25, -0.2) is 4.98 Å². The van der Waals surface area contributed by atoms with Crippen molar-refractivity contribution in [1.82, 2.24) is 14.8 Å². The largest absolute Gasteiger partial charge is 0.386 e. The highest BCUT2D eigenvalue weighted by Crippen LogP contribution is 2.26. The van der Waals surface area contributed by atoms with Gasteiger partial charge >= 0.3 is 0 Å². The third-order valence-corrected chi connectivity index (χ3v) is 4.17. The number of nitrogens with zero attached hydrogens (tertiary/aromatic N) is 4. The lowest BCUT2D eigenvalue weighted by Gasteiger charge is -2.19. The summed E-state index contributed by atoms with van der Waals surface area (Å²) in [6.45, 7) is 4.86. The summed E-state index contributed by atoms with van der Waals surface area (Å²) >= 11 is 0. The summed E-state index contributed by atoms with van der Waals surface area (Å²) in [7, 11) is 1.87. The molecular formula is C16H21N5O. The zero-order valence-electron chi connectivity index (χ0n) is 13.2. The third kappa shape index (κ3) is 2.56. The molecule has 1 unspecified atom stereocenters. The minimum atomic E-state index is 0.0941. The highest BCUT2D eigenvalue weighted by Gasteiger charge is 2.24. The van der Waals surface area contributed by atoms with Crippen molar-refractivity contribution < 1.29 is 4.79 Å². The van der Waals surface area contributed by atoms with E-state index in [-0.39, 0.29) is 11.9 Å². The van der Waals surface area contributed by atoms with Gasteiger partial charge in [0.2, 0.25) is 5.91 Å². The molecule has 1 atom stereocenters. The van der Waals surface area contributed by atoms with E-state index >= 15 is 0 Å². The van der Waals surface area contributed by atoms with Crippen LogP contribution in [0.4, 0.5) is 11.5 Å². The summed E-state index contributed by atoms with van der Waals surface area (Å²) in [5.74, 6) is 0.956. The van der Waals surface area contributed by atoms with Crippen molar-refractivity contribution in [1.29, 1.82) is 0 Å². The molecule has 6 heteroatoms. The molecule has 3 heterocycles.